The maximum Gasteiger partial charge on any atom is 0.226 e. The summed E-state index contributed by atoms with van der Waals surface area (Å²) in [6.45, 7) is 11.0. The molecule has 1 aromatic heterocycles. The van der Waals surface area contributed by atoms with Gasteiger partial charge in [0.2, 0.25) is 5.89 Å². The number of nitrogens with one attached hydrogen (secondary N) is 1. The van der Waals surface area contributed by atoms with Gasteiger partial charge in [0.05, 0.1) is 0 Å². The standard InChI is InChI=1S/C20H30N6O.HI/c1-15-7-5-8-18(16(15)2)25-11-13-26(14-12-25)20(21-4)22-10-6-9-19-23-17(3)24-27-19;/h5,7-8H,6,9-14H2,1-4H3,(H,21,22);1H. The number of benzene rings is 1. The van der Waals surface area contributed by atoms with E-state index < -0.39 is 0 Å². The van der Waals surface area contributed by atoms with Gasteiger partial charge in [-0.15, -0.1) is 24.0 Å². The molecule has 0 amide bonds. The van der Waals surface area contributed by atoms with E-state index in [0.29, 0.717) is 11.7 Å². The van der Waals surface area contributed by atoms with E-state index in [2.05, 4.69) is 62.3 Å². The first-order chi connectivity index (χ1) is 13.1. The summed E-state index contributed by atoms with van der Waals surface area (Å²) in [4.78, 5) is 13.5. The molecule has 1 aliphatic heterocycles. The van der Waals surface area contributed by atoms with E-state index in [9.17, 15) is 0 Å². The van der Waals surface area contributed by atoms with Gasteiger partial charge in [-0.25, -0.2) is 0 Å². The highest BCUT2D eigenvalue weighted by molar-refractivity contribution is 14.0. The fraction of sp³-hybridized carbons (Fsp3) is 0.550. The molecule has 0 unspecified atom stereocenters. The lowest BCUT2D eigenvalue weighted by molar-refractivity contribution is 0.365. The van der Waals surface area contributed by atoms with Crippen LogP contribution in [0.25, 0.3) is 0 Å². The van der Waals surface area contributed by atoms with Crippen LogP contribution in [0.1, 0.15) is 29.3 Å². The average molecular weight is 498 g/mol. The van der Waals surface area contributed by atoms with Crippen molar-refractivity contribution in [3.8, 4) is 0 Å². The number of anilines is 1. The first kappa shape index (κ1) is 22.4. The Balaban J connectivity index is 0.00000280. The molecule has 2 aromatic rings. The lowest BCUT2D eigenvalue weighted by Crippen LogP contribution is -2.52. The molecular weight excluding hydrogens is 467 g/mol. The van der Waals surface area contributed by atoms with E-state index in [0.717, 1.165) is 51.5 Å². The predicted molar refractivity (Wildman–Crippen MR) is 124 cm³/mol. The van der Waals surface area contributed by atoms with Crippen molar-refractivity contribution in [2.45, 2.75) is 33.6 Å². The number of aryl methyl sites for hydroxylation is 3. The Labute approximate surface area is 184 Å². The highest BCUT2D eigenvalue weighted by Gasteiger charge is 2.20. The van der Waals surface area contributed by atoms with E-state index in [1.54, 1.807) is 0 Å². The molecular formula is C20H31IN6O. The van der Waals surface area contributed by atoms with Crippen LogP contribution >= 0.6 is 24.0 Å². The second-order valence-electron chi connectivity index (χ2n) is 7.01. The van der Waals surface area contributed by atoms with Crippen LogP contribution in [-0.4, -0.2) is 60.8 Å². The molecule has 1 N–H and O–H groups in total. The lowest BCUT2D eigenvalue weighted by atomic mass is 10.1. The summed E-state index contributed by atoms with van der Waals surface area (Å²) in [6, 6.07) is 6.55. The zero-order valence-electron chi connectivity index (χ0n) is 17.2. The van der Waals surface area contributed by atoms with E-state index in [-0.39, 0.29) is 24.0 Å². The number of halogens is 1. The Hall–Kier alpha value is -1.84. The SMILES string of the molecule is CN=C(NCCCc1nc(C)no1)N1CCN(c2cccc(C)c2C)CC1.I. The van der Waals surface area contributed by atoms with Crippen molar-refractivity contribution in [2.24, 2.45) is 4.99 Å². The number of rotatable bonds is 5. The molecule has 0 aliphatic carbocycles. The third-order valence-corrected chi connectivity index (χ3v) is 5.13. The summed E-state index contributed by atoms with van der Waals surface area (Å²) >= 11 is 0. The fourth-order valence-corrected chi connectivity index (χ4v) is 3.45. The summed E-state index contributed by atoms with van der Waals surface area (Å²) in [7, 11) is 1.85. The second-order valence-corrected chi connectivity index (χ2v) is 7.01. The van der Waals surface area contributed by atoms with E-state index in [1.807, 2.05) is 14.0 Å². The summed E-state index contributed by atoms with van der Waals surface area (Å²) in [5, 5.41) is 7.28. The Bertz CT molecular complexity index is 783. The molecule has 7 nitrogen and oxygen atoms in total. The zero-order valence-corrected chi connectivity index (χ0v) is 19.6. The van der Waals surface area contributed by atoms with Crippen LogP contribution in [0.4, 0.5) is 5.69 Å². The van der Waals surface area contributed by atoms with Gasteiger partial charge in [0, 0.05) is 51.9 Å². The van der Waals surface area contributed by atoms with Crippen molar-refractivity contribution >= 4 is 35.6 Å². The molecule has 0 bridgehead atoms. The molecule has 0 radical (unpaired) electrons. The normalized spacial score (nSPS) is 14.8. The van der Waals surface area contributed by atoms with Crippen molar-refractivity contribution in [2.75, 3.05) is 44.7 Å². The van der Waals surface area contributed by atoms with Crippen molar-refractivity contribution in [1.82, 2.24) is 20.4 Å². The molecule has 2 heterocycles. The number of hydrogen-bond donors (Lipinski definition) is 1. The van der Waals surface area contributed by atoms with Crippen LogP contribution in [0.5, 0.6) is 0 Å². The summed E-state index contributed by atoms with van der Waals surface area (Å²) < 4.78 is 5.15. The summed E-state index contributed by atoms with van der Waals surface area (Å²) in [5.41, 5.74) is 4.08. The molecule has 8 heteroatoms. The Morgan fingerprint density at radius 1 is 1.18 bits per heavy atom. The maximum absolute atomic E-state index is 5.15. The van der Waals surface area contributed by atoms with Gasteiger partial charge in [0.15, 0.2) is 11.8 Å². The zero-order chi connectivity index (χ0) is 19.2. The van der Waals surface area contributed by atoms with Crippen molar-refractivity contribution < 1.29 is 4.52 Å². The van der Waals surface area contributed by atoms with Crippen LogP contribution in [-0.2, 0) is 6.42 Å². The van der Waals surface area contributed by atoms with Gasteiger partial charge in [-0.1, -0.05) is 17.3 Å². The number of nitrogens with zero attached hydrogens (tertiary/aromatic N) is 5. The average Bonchev–Trinajstić information content (AvgIpc) is 3.10. The van der Waals surface area contributed by atoms with Crippen molar-refractivity contribution in [3.63, 3.8) is 0 Å². The van der Waals surface area contributed by atoms with E-state index in [4.69, 9.17) is 4.52 Å². The fourth-order valence-electron chi connectivity index (χ4n) is 3.45. The molecule has 154 valence electrons. The topological polar surface area (TPSA) is 69.8 Å². The first-order valence-electron chi connectivity index (χ1n) is 9.64. The smallest absolute Gasteiger partial charge is 0.226 e. The molecule has 0 spiro atoms. The van der Waals surface area contributed by atoms with Crippen molar-refractivity contribution in [1.29, 1.82) is 0 Å². The van der Waals surface area contributed by atoms with Crippen LogP contribution in [0.2, 0.25) is 0 Å². The number of piperazine rings is 1. The van der Waals surface area contributed by atoms with E-state index >= 15 is 0 Å². The third kappa shape index (κ3) is 5.59. The van der Waals surface area contributed by atoms with Gasteiger partial charge >= 0.3 is 0 Å². The molecule has 1 fully saturated rings. The highest BCUT2D eigenvalue weighted by atomic mass is 127. The minimum absolute atomic E-state index is 0. The molecule has 3 rings (SSSR count). The summed E-state index contributed by atoms with van der Waals surface area (Å²) in [6.07, 6.45) is 1.72. The summed E-state index contributed by atoms with van der Waals surface area (Å²) in [5.74, 6) is 2.36. The lowest BCUT2D eigenvalue weighted by Gasteiger charge is -2.38. The largest absolute Gasteiger partial charge is 0.368 e. The van der Waals surface area contributed by atoms with Gasteiger partial charge in [-0.3, -0.25) is 4.99 Å². The Morgan fingerprint density at radius 3 is 2.57 bits per heavy atom. The number of guanidine groups is 1. The van der Waals surface area contributed by atoms with Crippen LogP contribution in [0, 0.1) is 20.8 Å². The van der Waals surface area contributed by atoms with Gasteiger partial charge in [-0.05, 0) is 44.4 Å². The molecule has 0 saturated carbocycles. The molecule has 1 aliphatic rings. The number of aliphatic imine (C=N–C) groups is 1. The molecule has 1 saturated heterocycles. The van der Waals surface area contributed by atoms with Crippen molar-refractivity contribution in [3.05, 3.63) is 41.0 Å². The molecule has 28 heavy (non-hydrogen) atoms. The minimum atomic E-state index is 0. The monoisotopic (exact) mass is 498 g/mol. The Morgan fingerprint density at radius 2 is 1.93 bits per heavy atom. The van der Waals surface area contributed by atoms with Crippen LogP contribution in [0.15, 0.2) is 27.7 Å². The van der Waals surface area contributed by atoms with E-state index in [1.165, 1.54) is 16.8 Å². The number of hydrogen-bond acceptors (Lipinski definition) is 5. The molecule has 1 aromatic carbocycles. The Kier molecular flexibility index (Phi) is 8.53. The van der Waals surface area contributed by atoms with Gasteiger partial charge < -0.3 is 19.6 Å². The van der Waals surface area contributed by atoms with Gasteiger partial charge in [0.25, 0.3) is 0 Å². The van der Waals surface area contributed by atoms with Crippen LogP contribution in [0.3, 0.4) is 0 Å². The molecule has 0 atom stereocenters. The minimum Gasteiger partial charge on any atom is -0.368 e. The predicted octanol–water partition coefficient (Wildman–Crippen LogP) is 2.94. The second kappa shape index (κ2) is 10.6. The maximum atomic E-state index is 5.15. The first-order valence-corrected chi connectivity index (χ1v) is 9.64. The number of aromatic nitrogens is 2. The van der Waals surface area contributed by atoms with Gasteiger partial charge in [0.1, 0.15) is 0 Å². The van der Waals surface area contributed by atoms with Gasteiger partial charge in [-0.2, -0.15) is 4.98 Å². The third-order valence-electron chi connectivity index (χ3n) is 5.13. The highest BCUT2D eigenvalue weighted by Crippen LogP contribution is 2.23. The quantitative estimate of drug-likeness (QED) is 0.296. The van der Waals surface area contributed by atoms with Crippen LogP contribution < -0.4 is 10.2 Å².